The number of carbonyl (C=O) groups excluding carboxylic acids is 1. The third-order valence-electron chi connectivity index (χ3n) is 4.01. The number of rotatable bonds is 4. The summed E-state index contributed by atoms with van der Waals surface area (Å²) in [5.41, 5.74) is 0.187. The maximum atomic E-state index is 12.3. The van der Waals surface area contributed by atoms with Crippen molar-refractivity contribution in [3.8, 4) is 0 Å². The molecule has 0 saturated carbocycles. The third kappa shape index (κ3) is 1.96. The molecule has 1 fully saturated rings. The predicted octanol–water partition coefficient (Wildman–Crippen LogP) is 3.28. The number of hydrogen-bond donors (Lipinski definition) is 0. The van der Waals surface area contributed by atoms with Crippen molar-refractivity contribution in [1.29, 1.82) is 0 Å². The van der Waals surface area contributed by atoms with Crippen LogP contribution in [-0.4, -0.2) is 18.2 Å². The summed E-state index contributed by atoms with van der Waals surface area (Å²) in [4.78, 5) is 12.3. The van der Waals surface area contributed by atoms with E-state index in [9.17, 15) is 4.79 Å². The maximum Gasteiger partial charge on any atom is 0.341 e. The Morgan fingerprint density at radius 2 is 1.48 bits per heavy atom. The highest BCUT2D eigenvalue weighted by Crippen LogP contribution is 2.60. The lowest BCUT2D eigenvalue weighted by Gasteiger charge is -2.17. The molecule has 1 atom stereocenters. The molecule has 21 heavy (non-hydrogen) atoms. The summed E-state index contributed by atoms with van der Waals surface area (Å²) in [5.74, 6) is -0.322. The molecular formula is C18H18O3. The minimum absolute atomic E-state index is 0.322. The lowest BCUT2D eigenvalue weighted by molar-refractivity contribution is -0.148. The van der Waals surface area contributed by atoms with Gasteiger partial charge in [-0.1, -0.05) is 60.7 Å². The molecule has 3 nitrogen and oxygen atoms in total. The largest absolute Gasteiger partial charge is 0.464 e. The molecule has 1 unspecified atom stereocenters. The number of ether oxygens (including phenoxy) is 2. The Labute approximate surface area is 124 Å². The summed E-state index contributed by atoms with van der Waals surface area (Å²) in [5, 5.41) is 0. The molecule has 0 N–H and O–H groups in total. The SMILES string of the molecule is CCOC(=O)C1(C)OC1(c1ccccc1)c1ccccc1. The lowest BCUT2D eigenvalue weighted by Crippen LogP contribution is -2.32. The highest BCUT2D eigenvalue weighted by atomic mass is 16.7. The number of benzene rings is 2. The van der Waals surface area contributed by atoms with Gasteiger partial charge in [0.2, 0.25) is 5.60 Å². The molecule has 0 spiro atoms. The van der Waals surface area contributed by atoms with E-state index in [-0.39, 0.29) is 5.97 Å². The normalized spacial score (nSPS) is 22.6. The summed E-state index contributed by atoms with van der Waals surface area (Å²) in [7, 11) is 0. The van der Waals surface area contributed by atoms with Crippen LogP contribution < -0.4 is 0 Å². The second-order valence-corrected chi connectivity index (χ2v) is 5.27. The first-order valence-electron chi connectivity index (χ1n) is 7.13. The van der Waals surface area contributed by atoms with Gasteiger partial charge in [0.1, 0.15) is 0 Å². The molecule has 0 aliphatic carbocycles. The Balaban J connectivity index is 2.10. The van der Waals surface area contributed by atoms with Crippen LogP contribution in [0.1, 0.15) is 25.0 Å². The topological polar surface area (TPSA) is 38.8 Å². The van der Waals surface area contributed by atoms with E-state index in [1.807, 2.05) is 60.7 Å². The van der Waals surface area contributed by atoms with Crippen LogP contribution in [0.4, 0.5) is 0 Å². The van der Waals surface area contributed by atoms with Gasteiger partial charge < -0.3 is 9.47 Å². The van der Waals surface area contributed by atoms with Gasteiger partial charge in [-0.05, 0) is 25.0 Å². The molecule has 0 radical (unpaired) electrons. The van der Waals surface area contributed by atoms with Gasteiger partial charge in [0.25, 0.3) is 0 Å². The van der Waals surface area contributed by atoms with E-state index in [0.717, 1.165) is 11.1 Å². The molecule has 3 rings (SSSR count). The minimum atomic E-state index is -0.980. The van der Waals surface area contributed by atoms with Gasteiger partial charge >= 0.3 is 5.97 Å². The van der Waals surface area contributed by atoms with Crippen molar-refractivity contribution in [2.24, 2.45) is 0 Å². The molecule has 108 valence electrons. The van der Waals surface area contributed by atoms with E-state index >= 15 is 0 Å². The third-order valence-corrected chi connectivity index (χ3v) is 4.01. The molecular weight excluding hydrogens is 264 g/mol. The van der Waals surface area contributed by atoms with Crippen LogP contribution in [0.25, 0.3) is 0 Å². The van der Waals surface area contributed by atoms with Crippen LogP contribution in [0.5, 0.6) is 0 Å². The number of carbonyl (C=O) groups is 1. The standard InChI is InChI=1S/C18H18O3/c1-3-20-16(19)17(2)18(21-17,14-10-6-4-7-11-14)15-12-8-5-9-13-15/h4-13H,3H2,1-2H3. The van der Waals surface area contributed by atoms with Crippen molar-refractivity contribution < 1.29 is 14.3 Å². The first-order chi connectivity index (χ1) is 10.1. The fraction of sp³-hybridized carbons (Fsp3) is 0.278. The van der Waals surface area contributed by atoms with E-state index in [1.165, 1.54) is 0 Å². The fourth-order valence-corrected chi connectivity index (χ4v) is 2.92. The molecule has 1 heterocycles. The van der Waals surface area contributed by atoms with Crippen LogP contribution in [0, 0.1) is 0 Å². The molecule has 1 aliphatic heterocycles. The summed E-state index contributed by atoms with van der Waals surface area (Å²) in [6.07, 6.45) is 0. The summed E-state index contributed by atoms with van der Waals surface area (Å²) in [6, 6.07) is 19.6. The molecule has 0 aromatic heterocycles. The van der Waals surface area contributed by atoms with Crippen LogP contribution >= 0.6 is 0 Å². The van der Waals surface area contributed by atoms with E-state index < -0.39 is 11.2 Å². The van der Waals surface area contributed by atoms with Gasteiger partial charge in [-0.2, -0.15) is 0 Å². The Hall–Kier alpha value is -2.13. The van der Waals surface area contributed by atoms with Gasteiger partial charge in [-0.25, -0.2) is 4.79 Å². The minimum Gasteiger partial charge on any atom is -0.464 e. The first kappa shape index (κ1) is 13.8. The molecule has 2 aromatic rings. The van der Waals surface area contributed by atoms with Gasteiger partial charge in [0, 0.05) is 0 Å². The van der Waals surface area contributed by atoms with Crippen molar-refractivity contribution in [3.63, 3.8) is 0 Å². The zero-order valence-corrected chi connectivity index (χ0v) is 12.2. The zero-order chi connectivity index (χ0) is 14.9. The maximum absolute atomic E-state index is 12.3. The van der Waals surface area contributed by atoms with Crippen LogP contribution in [0.2, 0.25) is 0 Å². The number of esters is 1. The van der Waals surface area contributed by atoms with E-state index in [0.29, 0.717) is 6.61 Å². The number of epoxide rings is 1. The van der Waals surface area contributed by atoms with Crippen LogP contribution in [-0.2, 0) is 19.9 Å². The Kier molecular flexibility index (Phi) is 3.30. The second-order valence-electron chi connectivity index (χ2n) is 5.27. The summed E-state index contributed by atoms with van der Waals surface area (Å²) in [6.45, 7) is 3.94. The van der Waals surface area contributed by atoms with Gasteiger partial charge in [-0.3, -0.25) is 0 Å². The number of hydrogen-bond acceptors (Lipinski definition) is 3. The quantitative estimate of drug-likeness (QED) is 0.638. The molecule has 0 bridgehead atoms. The fourth-order valence-electron chi connectivity index (χ4n) is 2.92. The highest BCUT2D eigenvalue weighted by Gasteiger charge is 2.74. The predicted molar refractivity (Wildman–Crippen MR) is 79.8 cm³/mol. The van der Waals surface area contributed by atoms with Gasteiger partial charge in [0.05, 0.1) is 6.61 Å². The summed E-state index contributed by atoms with van der Waals surface area (Å²) >= 11 is 0. The monoisotopic (exact) mass is 282 g/mol. The lowest BCUT2D eigenvalue weighted by atomic mass is 9.81. The molecule has 1 saturated heterocycles. The Morgan fingerprint density at radius 3 is 1.90 bits per heavy atom. The van der Waals surface area contributed by atoms with Gasteiger partial charge in [0.15, 0.2) is 5.60 Å². The molecule has 0 amide bonds. The van der Waals surface area contributed by atoms with E-state index in [1.54, 1.807) is 13.8 Å². The average Bonchev–Trinajstić information content (AvgIpc) is 3.18. The van der Waals surface area contributed by atoms with Crippen molar-refractivity contribution in [3.05, 3.63) is 71.8 Å². The van der Waals surface area contributed by atoms with Crippen LogP contribution in [0.15, 0.2) is 60.7 Å². The Bertz CT molecular complexity index is 597. The zero-order valence-electron chi connectivity index (χ0n) is 12.2. The van der Waals surface area contributed by atoms with Crippen molar-refractivity contribution in [1.82, 2.24) is 0 Å². The second kappa shape index (κ2) is 5.01. The Morgan fingerprint density at radius 1 is 1.00 bits per heavy atom. The van der Waals surface area contributed by atoms with E-state index in [4.69, 9.17) is 9.47 Å². The van der Waals surface area contributed by atoms with Crippen molar-refractivity contribution >= 4 is 5.97 Å². The van der Waals surface area contributed by atoms with Crippen molar-refractivity contribution in [2.45, 2.75) is 25.0 Å². The van der Waals surface area contributed by atoms with Crippen LogP contribution in [0.3, 0.4) is 0 Å². The molecule has 1 aliphatic rings. The average molecular weight is 282 g/mol. The molecule has 2 aromatic carbocycles. The van der Waals surface area contributed by atoms with Gasteiger partial charge in [-0.15, -0.1) is 0 Å². The summed E-state index contributed by atoms with van der Waals surface area (Å²) < 4.78 is 11.2. The van der Waals surface area contributed by atoms with Crippen molar-refractivity contribution in [2.75, 3.05) is 6.61 Å². The highest BCUT2D eigenvalue weighted by molar-refractivity contribution is 5.86. The first-order valence-corrected chi connectivity index (χ1v) is 7.13. The smallest absolute Gasteiger partial charge is 0.341 e. The molecule has 3 heteroatoms. The van der Waals surface area contributed by atoms with E-state index in [2.05, 4.69) is 0 Å².